The quantitative estimate of drug-likeness (QED) is 0.445. The van der Waals surface area contributed by atoms with E-state index < -0.39 is 16.0 Å². The van der Waals surface area contributed by atoms with Gasteiger partial charge in [-0.25, -0.2) is 13.1 Å². The molecule has 0 saturated carbocycles. The third-order valence-corrected chi connectivity index (χ3v) is 3.44. The molecule has 0 saturated heterocycles. The van der Waals surface area contributed by atoms with Crippen LogP contribution in [0.3, 0.4) is 0 Å². The highest BCUT2D eigenvalue weighted by Crippen LogP contribution is 2.24. The second-order valence-electron chi connectivity index (χ2n) is 3.50. The van der Waals surface area contributed by atoms with E-state index in [0.29, 0.717) is 9.32 Å². The first-order chi connectivity index (χ1) is 8.28. The summed E-state index contributed by atoms with van der Waals surface area (Å²) in [7, 11) is -3.30. The number of carbonyl (C=O) groups excluding carboxylic acids is 1. The first-order valence-electron chi connectivity index (χ1n) is 4.92. The Hall–Kier alpha value is -0.870. The Balaban J connectivity index is 2.47. The van der Waals surface area contributed by atoms with Crippen LogP contribution in [0.2, 0.25) is 0 Å². The fourth-order valence-electron chi connectivity index (χ4n) is 1.07. The summed E-state index contributed by atoms with van der Waals surface area (Å²) in [5, 5.41) is 9.28. The van der Waals surface area contributed by atoms with Gasteiger partial charge in [-0.05, 0) is 40.8 Å². The summed E-state index contributed by atoms with van der Waals surface area (Å²) >= 11 is 1.90. The van der Waals surface area contributed by atoms with Crippen LogP contribution in [0.5, 0.6) is 11.5 Å². The van der Waals surface area contributed by atoms with Crippen molar-refractivity contribution in [2.45, 2.75) is 6.42 Å². The molecule has 0 heterocycles. The van der Waals surface area contributed by atoms with Crippen LogP contribution in [0.15, 0.2) is 18.2 Å². The Morgan fingerprint density at radius 2 is 2.17 bits per heavy atom. The molecule has 0 aliphatic heterocycles. The smallest absolute Gasteiger partial charge is 0.312 e. The SMILES string of the molecule is CS(=O)(=O)NCCC(=O)Oc1ccc(O)c(I)c1. The number of halogens is 1. The van der Waals surface area contributed by atoms with Gasteiger partial charge in [-0.2, -0.15) is 0 Å². The van der Waals surface area contributed by atoms with Crippen LogP contribution in [-0.4, -0.2) is 32.3 Å². The van der Waals surface area contributed by atoms with Crippen LogP contribution in [0.4, 0.5) is 0 Å². The molecule has 0 atom stereocenters. The molecule has 0 aliphatic carbocycles. The van der Waals surface area contributed by atoms with Crippen molar-refractivity contribution in [1.29, 1.82) is 0 Å². The van der Waals surface area contributed by atoms with Gasteiger partial charge in [-0.3, -0.25) is 4.79 Å². The van der Waals surface area contributed by atoms with E-state index in [1.165, 1.54) is 18.2 Å². The molecule has 8 heteroatoms. The number of rotatable bonds is 5. The number of aromatic hydroxyl groups is 1. The number of hydrogen-bond donors (Lipinski definition) is 2. The molecular weight excluding hydrogens is 373 g/mol. The van der Waals surface area contributed by atoms with E-state index in [1.807, 2.05) is 22.6 Å². The zero-order valence-electron chi connectivity index (χ0n) is 9.51. The maximum atomic E-state index is 11.4. The number of phenols is 1. The summed E-state index contributed by atoms with van der Waals surface area (Å²) in [6, 6.07) is 4.39. The van der Waals surface area contributed by atoms with Gasteiger partial charge in [0.25, 0.3) is 0 Å². The van der Waals surface area contributed by atoms with E-state index in [-0.39, 0.29) is 18.7 Å². The molecule has 2 N–H and O–H groups in total. The predicted octanol–water partition coefficient (Wildman–Crippen LogP) is 0.841. The third-order valence-electron chi connectivity index (χ3n) is 1.84. The van der Waals surface area contributed by atoms with Crippen molar-refractivity contribution >= 4 is 38.6 Å². The molecule has 0 amide bonds. The van der Waals surface area contributed by atoms with Crippen molar-refractivity contribution in [3.8, 4) is 11.5 Å². The number of nitrogens with one attached hydrogen (secondary N) is 1. The molecule has 0 aromatic heterocycles. The van der Waals surface area contributed by atoms with Crippen LogP contribution in [0, 0.1) is 3.57 Å². The standard InChI is InChI=1S/C10H12INO5S/c1-18(15,16)12-5-4-10(14)17-7-2-3-9(13)8(11)6-7/h2-3,6,12-13H,4-5H2,1H3. The van der Waals surface area contributed by atoms with E-state index in [1.54, 1.807) is 0 Å². The van der Waals surface area contributed by atoms with E-state index >= 15 is 0 Å². The summed E-state index contributed by atoms with van der Waals surface area (Å²) in [5.41, 5.74) is 0. The van der Waals surface area contributed by atoms with Gasteiger partial charge in [0.2, 0.25) is 10.0 Å². The van der Waals surface area contributed by atoms with Crippen LogP contribution in [-0.2, 0) is 14.8 Å². The lowest BCUT2D eigenvalue weighted by atomic mass is 10.3. The molecule has 0 aliphatic rings. The van der Waals surface area contributed by atoms with Crippen molar-refractivity contribution in [2.75, 3.05) is 12.8 Å². The molecule has 0 fully saturated rings. The second-order valence-corrected chi connectivity index (χ2v) is 6.50. The molecule has 0 bridgehead atoms. The van der Waals surface area contributed by atoms with E-state index in [0.717, 1.165) is 6.26 Å². The first kappa shape index (κ1) is 15.2. The molecular formula is C10H12INO5S. The molecule has 0 unspecified atom stereocenters. The minimum atomic E-state index is -3.30. The molecule has 6 nitrogen and oxygen atoms in total. The Labute approximate surface area is 119 Å². The van der Waals surface area contributed by atoms with Gasteiger partial charge >= 0.3 is 5.97 Å². The van der Waals surface area contributed by atoms with Crippen molar-refractivity contribution in [3.05, 3.63) is 21.8 Å². The molecule has 0 radical (unpaired) electrons. The summed E-state index contributed by atoms with van der Waals surface area (Å²) in [4.78, 5) is 11.4. The molecule has 1 aromatic rings. The van der Waals surface area contributed by atoms with E-state index in [4.69, 9.17) is 4.74 Å². The minimum absolute atomic E-state index is 0.00710. The van der Waals surface area contributed by atoms with Gasteiger partial charge < -0.3 is 9.84 Å². The Bertz CT molecular complexity index is 543. The lowest BCUT2D eigenvalue weighted by molar-refractivity contribution is -0.134. The maximum absolute atomic E-state index is 11.4. The fourth-order valence-corrected chi connectivity index (χ4v) is 2.03. The average molecular weight is 385 g/mol. The van der Waals surface area contributed by atoms with Crippen LogP contribution >= 0.6 is 22.6 Å². The van der Waals surface area contributed by atoms with Gasteiger partial charge in [0.1, 0.15) is 11.5 Å². The lowest BCUT2D eigenvalue weighted by Crippen LogP contribution is -2.25. The fraction of sp³-hybridized carbons (Fsp3) is 0.300. The minimum Gasteiger partial charge on any atom is -0.507 e. The van der Waals surface area contributed by atoms with Gasteiger partial charge in [-0.1, -0.05) is 0 Å². The number of phenolic OH excluding ortho intramolecular Hbond substituents is 1. The molecule has 18 heavy (non-hydrogen) atoms. The average Bonchev–Trinajstić information content (AvgIpc) is 2.21. The monoisotopic (exact) mass is 385 g/mol. The summed E-state index contributed by atoms with van der Waals surface area (Å²) in [5.74, 6) is -0.136. The third kappa shape index (κ3) is 5.65. The van der Waals surface area contributed by atoms with Crippen LogP contribution in [0.1, 0.15) is 6.42 Å². The lowest BCUT2D eigenvalue weighted by Gasteiger charge is -2.05. The number of ether oxygens (including phenoxy) is 1. The van der Waals surface area contributed by atoms with Gasteiger partial charge in [0.05, 0.1) is 16.2 Å². The Morgan fingerprint density at radius 3 is 2.72 bits per heavy atom. The van der Waals surface area contributed by atoms with Crippen molar-refractivity contribution in [1.82, 2.24) is 4.72 Å². The van der Waals surface area contributed by atoms with Gasteiger partial charge in [-0.15, -0.1) is 0 Å². The van der Waals surface area contributed by atoms with Crippen molar-refractivity contribution in [2.24, 2.45) is 0 Å². The first-order valence-corrected chi connectivity index (χ1v) is 7.89. The van der Waals surface area contributed by atoms with Crippen molar-refractivity contribution < 1.29 is 23.1 Å². The Kier molecular flexibility index (Phi) is 5.35. The van der Waals surface area contributed by atoms with Crippen LogP contribution in [0.25, 0.3) is 0 Å². The maximum Gasteiger partial charge on any atom is 0.312 e. The molecule has 0 spiro atoms. The summed E-state index contributed by atoms with van der Waals surface area (Å²) in [6.45, 7) is -0.00710. The highest BCUT2D eigenvalue weighted by Gasteiger charge is 2.08. The number of esters is 1. The summed E-state index contributed by atoms with van der Waals surface area (Å²) in [6.07, 6.45) is 0.950. The highest BCUT2D eigenvalue weighted by molar-refractivity contribution is 14.1. The zero-order chi connectivity index (χ0) is 13.8. The summed E-state index contributed by atoms with van der Waals surface area (Å²) < 4.78 is 29.2. The second kappa shape index (κ2) is 6.34. The van der Waals surface area contributed by atoms with E-state index in [9.17, 15) is 18.3 Å². The zero-order valence-corrected chi connectivity index (χ0v) is 12.5. The number of sulfonamides is 1. The molecule has 100 valence electrons. The van der Waals surface area contributed by atoms with E-state index in [2.05, 4.69) is 4.72 Å². The van der Waals surface area contributed by atoms with Crippen molar-refractivity contribution in [3.63, 3.8) is 0 Å². The molecule has 1 rings (SSSR count). The Morgan fingerprint density at radius 1 is 1.50 bits per heavy atom. The normalized spacial score (nSPS) is 11.2. The highest BCUT2D eigenvalue weighted by atomic mass is 127. The topological polar surface area (TPSA) is 92.7 Å². The molecule has 1 aromatic carbocycles. The number of hydrogen-bond acceptors (Lipinski definition) is 5. The van der Waals surface area contributed by atoms with Gasteiger partial charge in [0, 0.05) is 6.54 Å². The van der Waals surface area contributed by atoms with Gasteiger partial charge in [0.15, 0.2) is 0 Å². The number of carbonyl (C=O) groups is 1. The largest absolute Gasteiger partial charge is 0.507 e. The number of benzene rings is 1. The predicted molar refractivity (Wildman–Crippen MR) is 73.9 cm³/mol. The van der Waals surface area contributed by atoms with Crippen LogP contribution < -0.4 is 9.46 Å².